The van der Waals surface area contributed by atoms with Gasteiger partial charge >= 0.3 is 20.2 Å². The third kappa shape index (κ3) is 5.97. The summed E-state index contributed by atoms with van der Waals surface area (Å²) in [7, 11) is -2.29. The molecule has 0 radical (unpaired) electrons. The zero-order chi connectivity index (χ0) is 31.0. The number of nitrogens with one attached hydrogen (secondary N) is 2. The summed E-state index contributed by atoms with van der Waals surface area (Å²) in [5.41, 5.74) is 3.62. The minimum Gasteiger partial charge on any atom is -0.481 e. The maximum absolute atomic E-state index is 13.8. The number of carboxylic acid groups (broad SMARTS) is 1. The quantitative estimate of drug-likeness (QED) is 0.214. The monoisotopic (exact) mass is 597 g/mol. The van der Waals surface area contributed by atoms with Gasteiger partial charge in [-0.25, -0.2) is 0 Å². The van der Waals surface area contributed by atoms with Crippen molar-refractivity contribution in [1.29, 1.82) is 0 Å². The summed E-state index contributed by atoms with van der Waals surface area (Å²) in [5.74, 6) is -2.60. The van der Waals surface area contributed by atoms with Crippen molar-refractivity contribution in [2.24, 2.45) is 0 Å². The molecule has 0 spiro atoms. The van der Waals surface area contributed by atoms with E-state index in [9.17, 15) is 34.3 Å². The van der Waals surface area contributed by atoms with Crippen molar-refractivity contribution < 1.29 is 43.6 Å². The van der Waals surface area contributed by atoms with Gasteiger partial charge in [0.2, 0.25) is 5.91 Å². The molecule has 12 nitrogen and oxygen atoms in total. The summed E-state index contributed by atoms with van der Waals surface area (Å²) < 4.78 is 10.5. The fourth-order valence-corrected chi connectivity index (χ4v) is 5.93. The van der Waals surface area contributed by atoms with Crippen molar-refractivity contribution in [3.8, 4) is 0 Å². The molecule has 224 valence electrons. The number of hydrogen-bond donors (Lipinski definition) is 5. The molecule has 1 saturated heterocycles. The highest BCUT2D eigenvalue weighted by Crippen LogP contribution is 2.25. The summed E-state index contributed by atoms with van der Waals surface area (Å²) in [4.78, 5) is 53.8. The van der Waals surface area contributed by atoms with Crippen LogP contribution in [0.4, 0.5) is 0 Å². The minimum atomic E-state index is -1.17. The summed E-state index contributed by atoms with van der Waals surface area (Å²) in [6, 6.07) is 15.9. The average Bonchev–Trinajstić information content (AvgIpc) is 3.73. The van der Waals surface area contributed by atoms with E-state index in [1.165, 1.54) is 11.0 Å². The molecule has 14 heteroatoms. The van der Waals surface area contributed by atoms with Gasteiger partial charge in [0.1, 0.15) is 6.04 Å². The summed E-state index contributed by atoms with van der Waals surface area (Å²) in [5, 5.41) is 35.4. The van der Waals surface area contributed by atoms with Crippen molar-refractivity contribution in [3.63, 3.8) is 0 Å². The van der Waals surface area contributed by atoms with Crippen LogP contribution in [-0.4, -0.2) is 76.6 Å². The largest absolute Gasteiger partial charge is 0.491 e. The van der Waals surface area contributed by atoms with Crippen LogP contribution < -0.4 is 21.6 Å². The number of carbonyl (C=O) groups excluding carboxylic acids is 3. The molecule has 3 aromatic carbocycles. The first-order valence-corrected chi connectivity index (χ1v) is 14.2. The van der Waals surface area contributed by atoms with E-state index in [0.29, 0.717) is 16.5 Å². The van der Waals surface area contributed by atoms with E-state index in [1.54, 1.807) is 60.7 Å². The fourth-order valence-electron chi connectivity index (χ4n) is 5.93. The molecule has 3 amide bonds. The zero-order valence-corrected chi connectivity index (χ0v) is 23.5. The number of amides is 3. The van der Waals surface area contributed by atoms with Crippen molar-refractivity contribution >= 4 is 48.9 Å². The van der Waals surface area contributed by atoms with E-state index in [1.807, 2.05) is 0 Å². The van der Waals surface area contributed by atoms with Crippen LogP contribution >= 0.6 is 0 Å². The van der Waals surface area contributed by atoms with Crippen molar-refractivity contribution in [3.05, 3.63) is 94.5 Å². The van der Waals surface area contributed by atoms with E-state index in [-0.39, 0.29) is 43.7 Å². The highest BCUT2D eigenvalue weighted by atomic mass is 16.5. The Bertz CT molecular complexity index is 1620. The van der Waals surface area contributed by atoms with Crippen molar-refractivity contribution in [2.45, 2.75) is 44.2 Å². The highest BCUT2D eigenvalue weighted by molar-refractivity contribution is 6.62. The van der Waals surface area contributed by atoms with Crippen molar-refractivity contribution in [1.82, 2.24) is 15.5 Å². The lowest BCUT2D eigenvalue weighted by atomic mass is 9.78. The molecule has 3 atom stereocenters. The van der Waals surface area contributed by atoms with Crippen LogP contribution in [0, 0.1) is 0 Å². The first-order valence-electron chi connectivity index (χ1n) is 14.2. The molecule has 5 N–H and O–H groups in total. The van der Waals surface area contributed by atoms with Gasteiger partial charge in [0.25, 0.3) is 11.8 Å². The van der Waals surface area contributed by atoms with Crippen LogP contribution in [-0.2, 0) is 32.1 Å². The van der Waals surface area contributed by atoms with Gasteiger partial charge in [-0.1, -0.05) is 42.5 Å². The summed E-state index contributed by atoms with van der Waals surface area (Å²) in [6.07, 6.45) is -0.293. The topological polar surface area (TPSA) is 175 Å². The van der Waals surface area contributed by atoms with Gasteiger partial charge in [-0.3, -0.25) is 19.2 Å². The normalized spacial score (nSPS) is 19.4. The van der Waals surface area contributed by atoms with Crippen molar-refractivity contribution in [2.75, 3.05) is 6.54 Å². The lowest BCUT2D eigenvalue weighted by molar-refractivity contribution is -0.138. The molecule has 3 aliphatic heterocycles. The zero-order valence-electron chi connectivity index (χ0n) is 23.5. The third-order valence-corrected chi connectivity index (χ3v) is 8.22. The second-order valence-electron chi connectivity index (χ2n) is 11.1. The standard InChI is InChI=1S/C30H29B2N3O9/c36-27(37)13-25(17-4-2-1-3-5-17)34-29(39)26-12-22(33-28(38)18-6-8-20-15-43-31(41)23(20)10-18)14-35(26)30(40)19-7-9-21-16-44-32(42)24(21)11-19/h1-11,22,25-26,41-42H,12-16H2,(H,33,38)(H,34,39)(H,36,37)/t22-,25-,26+/m1/s1. The van der Waals surface area contributed by atoms with Crippen LogP contribution in [0.2, 0.25) is 0 Å². The molecular formula is C30H29B2N3O9. The number of carboxylic acids is 1. The smallest absolute Gasteiger partial charge is 0.481 e. The first-order chi connectivity index (χ1) is 21.2. The van der Waals surface area contributed by atoms with Crippen LogP contribution in [0.1, 0.15) is 56.3 Å². The summed E-state index contributed by atoms with van der Waals surface area (Å²) in [6.45, 7) is 0.459. The molecule has 0 saturated carbocycles. The predicted molar refractivity (Wildman–Crippen MR) is 158 cm³/mol. The molecule has 1 fully saturated rings. The Morgan fingerprint density at radius 1 is 0.886 bits per heavy atom. The Hall–Kier alpha value is -4.49. The van der Waals surface area contributed by atoms with E-state index in [2.05, 4.69) is 10.6 Å². The fraction of sp³-hybridized carbons (Fsp3) is 0.267. The number of hydrogen-bond acceptors (Lipinski definition) is 8. The van der Waals surface area contributed by atoms with Crippen LogP contribution in [0.25, 0.3) is 0 Å². The number of benzene rings is 3. The maximum Gasteiger partial charge on any atom is 0.491 e. The average molecular weight is 597 g/mol. The Morgan fingerprint density at radius 3 is 2.14 bits per heavy atom. The summed E-state index contributed by atoms with van der Waals surface area (Å²) >= 11 is 0. The van der Waals surface area contributed by atoms with Crippen LogP contribution in [0.15, 0.2) is 66.7 Å². The number of rotatable bonds is 8. The van der Waals surface area contributed by atoms with Gasteiger partial charge in [0, 0.05) is 23.7 Å². The van der Waals surface area contributed by atoms with Gasteiger partial charge < -0.3 is 40.0 Å². The third-order valence-electron chi connectivity index (χ3n) is 8.22. The molecule has 3 aromatic rings. The van der Waals surface area contributed by atoms with Gasteiger partial charge in [0.05, 0.1) is 25.7 Å². The molecule has 44 heavy (non-hydrogen) atoms. The molecule has 0 aliphatic carbocycles. The second kappa shape index (κ2) is 12.2. The number of carbonyl (C=O) groups is 4. The number of aliphatic carboxylic acids is 1. The lowest BCUT2D eigenvalue weighted by Crippen LogP contribution is -2.47. The molecule has 0 unspecified atom stereocenters. The van der Waals surface area contributed by atoms with Crippen LogP contribution in [0.3, 0.4) is 0 Å². The molecule has 6 rings (SSSR count). The van der Waals surface area contributed by atoms with Gasteiger partial charge in [0.15, 0.2) is 0 Å². The molecule has 0 aromatic heterocycles. The number of fused-ring (bicyclic) bond motifs is 2. The SMILES string of the molecule is O=C(O)C[C@@H](NC(=O)[C@@H]1C[C@@H](NC(=O)c2ccc3c(c2)B(O)OC3)CN1C(=O)c1ccc2c(c1)B(O)OC2)c1ccccc1. The molecule has 3 heterocycles. The Balaban J connectivity index is 1.25. The number of nitrogens with zero attached hydrogens (tertiary/aromatic N) is 1. The Labute approximate surface area is 253 Å². The van der Waals surface area contributed by atoms with E-state index >= 15 is 0 Å². The van der Waals surface area contributed by atoms with E-state index < -0.39 is 56.1 Å². The van der Waals surface area contributed by atoms with E-state index in [4.69, 9.17) is 9.31 Å². The number of likely N-dealkylation sites (tertiary alicyclic amines) is 1. The first kappa shape index (κ1) is 29.6. The predicted octanol–water partition coefficient (Wildman–Crippen LogP) is -0.533. The van der Waals surface area contributed by atoms with Gasteiger partial charge in [-0.15, -0.1) is 0 Å². The highest BCUT2D eigenvalue weighted by Gasteiger charge is 2.42. The van der Waals surface area contributed by atoms with Crippen LogP contribution in [0.5, 0.6) is 0 Å². The maximum atomic E-state index is 13.8. The van der Waals surface area contributed by atoms with E-state index in [0.717, 1.165) is 11.1 Å². The Kier molecular flexibility index (Phi) is 8.23. The molecule has 0 bridgehead atoms. The lowest BCUT2D eigenvalue weighted by Gasteiger charge is -2.26. The second-order valence-corrected chi connectivity index (χ2v) is 11.1. The minimum absolute atomic E-state index is 0.00437. The van der Waals surface area contributed by atoms with Gasteiger partial charge in [-0.2, -0.15) is 0 Å². The van der Waals surface area contributed by atoms with Gasteiger partial charge in [-0.05, 0) is 58.3 Å². The Morgan fingerprint density at radius 2 is 1.50 bits per heavy atom. The molecule has 3 aliphatic rings. The molecular weight excluding hydrogens is 568 g/mol.